The van der Waals surface area contributed by atoms with Crippen LogP contribution in [0.5, 0.6) is 0 Å². The molecule has 0 fully saturated rings. The summed E-state index contributed by atoms with van der Waals surface area (Å²) in [5.41, 5.74) is 0. The molecule has 0 aromatic heterocycles. The van der Waals surface area contributed by atoms with E-state index in [9.17, 15) is 9.59 Å². The Morgan fingerprint density at radius 3 is 1.24 bits per heavy atom. The molecule has 4 nitrogen and oxygen atoms in total. The first-order valence-electron chi connectivity index (χ1n) is 14.7. The third-order valence-corrected chi connectivity index (χ3v) is 6.83. The standard InChI is InChI=1S/C30H56O4/c1-2-3-4-5-6-7-8-9-10-11-12-13-14-15-16-17-18-19-20-21-22-23-24-25-26-28(30(33)34)27-29(31)32/h24-25,28H,2-23,26-27H2,1H3,(H,31,32)(H,33,34)/b25-24+. The molecule has 0 rings (SSSR count). The fourth-order valence-electron chi connectivity index (χ4n) is 4.55. The van der Waals surface area contributed by atoms with Crippen molar-refractivity contribution in [3.63, 3.8) is 0 Å². The van der Waals surface area contributed by atoms with Gasteiger partial charge in [0.15, 0.2) is 0 Å². The molecule has 0 radical (unpaired) electrons. The second kappa shape index (κ2) is 26.3. The van der Waals surface area contributed by atoms with Crippen LogP contribution in [0.1, 0.15) is 161 Å². The molecule has 34 heavy (non-hydrogen) atoms. The van der Waals surface area contributed by atoms with E-state index in [1.54, 1.807) is 0 Å². The van der Waals surface area contributed by atoms with E-state index >= 15 is 0 Å². The van der Waals surface area contributed by atoms with E-state index in [1.165, 1.54) is 128 Å². The van der Waals surface area contributed by atoms with E-state index in [1.807, 2.05) is 12.2 Å². The summed E-state index contributed by atoms with van der Waals surface area (Å²) in [6.07, 6.45) is 33.9. The molecule has 0 saturated heterocycles. The summed E-state index contributed by atoms with van der Waals surface area (Å²) in [7, 11) is 0. The van der Waals surface area contributed by atoms with Crippen LogP contribution in [-0.2, 0) is 9.59 Å². The van der Waals surface area contributed by atoms with Crippen molar-refractivity contribution < 1.29 is 19.8 Å². The maximum absolute atomic E-state index is 11.0. The van der Waals surface area contributed by atoms with E-state index in [-0.39, 0.29) is 6.42 Å². The molecule has 0 aromatic rings. The van der Waals surface area contributed by atoms with Gasteiger partial charge in [-0.25, -0.2) is 0 Å². The molecule has 1 unspecified atom stereocenters. The van der Waals surface area contributed by atoms with Crippen molar-refractivity contribution in [3.8, 4) is 0 Å². The SMILES string of the molecule is CCCCCCCCCCCCCCCCCCCCCCC/C=C/CC(CC(=O)O)C(=O)O. The quantitative estimate of drug-likeness (QED) is 0.0906. The van der Waals surface area contributed by atoms with Gasteiger partial charge in [0.05, 0.1) is 12.3 Å². The molecule has 0 saturated carbocycles. The highest BCUT2D eigenvalue weighted by Gasteiger charge is 2.19. The lowest BCUT2D eigenvalue weighted by Gasteiger charge is -2.05. The van der Waals surface area contributed by atoms with Gasteiger partial charge < -0.3 is 10.2 Å². The van der Waals surface area contributed by atoms with Crippen LogP contribution >= 0.6 is 0 Å². The van der Waals surface area contributed by atoms with Crippen LogP contribution in [0.15, 0.2) is 12.2 Å². The second-order valence-electron chi connectivity index (χ2n) is 10.2. The Morgan fingerprint density at radius 2 is 0.912 bits per heavy atom. The van der Waals surface area contributed by atoms with Crippen LogP contribution in [0.25, 0.3) is 0 Å². The number of carboxylic acids is 2. The molecule has 0 spiro atoms. The third-order valence-electron chi connectivity index (χ3n) is 6.83. The van der Waals surface area contributed by atoms with Crippen molar-refractivity contribution in [3.05, 3.63) is 12.2 Å². The summed E-state index contributed by atoms with van der Waals surface area (Å²) in [4.78, 5) is 21.7. The Morgan fingerprint density at radius 1 is 0.559 bits per heavy atom. The van der Waals surface area contributed by atoms with Gasteiger partial charge in [0.25, 0.3) is 0 Å². The average molecular weight is 481 g/mol. The van der Waals surface area contributed by atoms with Gasteiger partial charge in [-0.2, -0.15) is 0 Å². The van der Waals surface area contributed by atoms with Crippen molar-refractivity contribution in [2.75, 3.05) is 0 Å². The molecule has 0 bridgehead atoms. The Kier molecular flexibility index (Phi) is 25.3. The van der Waals surface area contributed by atoms with E-state index < -0.39 is 17.9 Å². The number of unbranched alkanes of at least 4 members (excludes halogenated alkanes) is 21. The van der Waals surface area contributed by atoms with Crippen molar-refractivity contribution in [2.45, 2.75) is 161 Å². The molecule has 0 aromatic carbocycles. The molecule has 200 valence electrons. The number of hydrogen-bond donors (Lipinski definition) is 2. The van der Waals surface area contributed by atoms with Crippen LogP contribution in [0.3, 0.4) is 0 Å². The van der Waals surface area contributed by atoms with Crippen molar-refractivity contribution in [1.82, 2.24) is 0 Å². The monoisotopic (exact) mass is 480 g/mol. The minimum absolute atomic E-state index is 0.306. The molecule has 2 N–H and O–H groups in total. The first kappa shape index (κ1) is 32.7. The zero-order valence-corrected chi connectivity index (χ0v) is 22.4. The van der Waals surface area contributed by atoms with Gasteiger partial charge in [-0.15, -0.1) is 0 Å². The molecule has 0 aliphatic heterocycles. The summed E-state index contributed by atoms with van der Waals surface area (Å²) < 4.78 is 0. The zero-order chi connectivity index (χ0) is 25.1. The zero-order valence-electron chi connectivity index (χ0n) is 22.4. The molecule has 0 aliphatic carbocycles. The number of carbonyl (C=O) groups is 2. The van der Waals surface area contributed by atoms with Crippen molar-refractivity contribution >= 4 is 11.9 Å². The lowest BCUT2D eigenvalue weighted by Crippen LogP contribution is -2.16. The molecule has 0 amide bonds. The van der Waals surface area contributed by atoms with E-state index in [0.29, 0.717) is 6.42 Å². The number of rotatable bonds is 27. The van der Waals surface area contributed by atoms with Gasteiger partial charge in [0, 0.05) is 0 Å². The maximum Gasteiger partial charge on any atom is 0.307 e. The lowest BCUT2D eigenvalue weighted by atomic mass is 10.0. The topological polar surface area (TPSA) is 74.6 Å². The Hall–Kier alpha value is -1.32. The number of allylic oxidation sites excluding steroid dienone is 2. The van der Waals surface area contributed by atoms with Gasteiger partial charge in [-0.05, 0) is 19.3 Å². The minimum Gasteiger partial charge on any atom is -0.481 e. The van der Waals surface area contributed by atoms with Crippen LogP contribution < -0.4 is 0 Å². The van der Waals surface area contributed by atoms with Crippen LogP contribution in [0.4, 0.5) is 0 Å². The normalized spacial score (nSPS) is 12.4. The summed E-state index contributed by atoms with van der Waals surface area (Å²) in [5.74, 6) is -2.89. The summed E-state index contributed by atoms with van der Waals surface area (Å²) in [6.45, 7) is 2.28. The Labute approximate surface area is 211 Å². The van der Waals surface area contributed by atoms with Gasteiger partial charge in [-0.3, -0.25) is 9.59 Å². The van der Waals surface area contributed by atoms with Crippen LogP contribution in [0.2, 0.25) is 0 Å². The number of hydrogen-bond acceptors (Lipinski definition) is 2. The highest BCUT2D eigenvalue weighted by molar-refractivity contribution is 5.77. The van der Waals surface area contributed by atoms with Crippen LogP contribution in [0, 0.1) is 5.92 Å². The van der Waals surface area contributed by atoms with Gasteiger partial charge in [0.1, 0.15) is 0 Å². The summed E-state index contributed by atoms with van der Waals surface area (Å²) >= 11 is 0. The van der Waals surface area contributed by atoms with Gasteiger partial charge in [0.2, 0.25) is 0 Å². The van der Waals surface area contributed by atoms with Crippen molar-refractivity contribution in [1.29, 1.82) is 0 Å². The molecule has 0 aliphatic rings. The number of aliphatic carboxylic acids is 2. The van der Waals surface area contributed by atoms with Crippen LogP contribution in [-0.4, -0.2) is 22.2 Å². The lowest BCUT2D eigenvalue weighted by molar-refractivity contribution is -0.148. The van der Waals surface area contributed by atoms with E-state index in [4.69, 9.17) is 10.2 Å². The molecular weight excluding hydrogens is 424 g/mol. The Bertz CT molecular complexity index is 486. The highest BCUT2D eigenvalue weighted by Crippen LogP contribution is 2.15. The predicted molar refractivity (Wildman–Crippen MR) is 144 cm³/mol. The minimum atomic E-state index is -1.05. The maximum atomic E-state index is 11.0. The molecule has 4 heteroatoms. The molecule has 0 heterocycles. The second-order valence-corrected chi connectivity index (χ2v) is 10.2. The van der Waals surface area contributed by atoms with E-state index in [0.717, 1.165) is 12.8 Å². The highest BCUT2D eigenvalue weighted by atomic mass is 16.4. The smallest absolute Gasteiger partial charge is 0.307 e. The Balaban J connectivity index is 3.24. The molecule has 1 atom stereocenters. The first-order chi connectivity index (χ1) is 16.6. The average Bonchev–Trinajstić information content (AvgIpc) is 2.80. The summed E-state index contributed by atoms with van der Waals surface area (Å²) in [6, 6.07) is 0. The largest absolute Gasteiger partial charge is 0.481 e. The molecular formula is C30H56O4. The fourth-order valence-corrected chi connectivity index (χ4v) is 4.55. The van der Waals surface area contributed by atoms with E-state index in [2.05, 4.69) is 6.92 Å². The number of carboxylic acid groups (broad SMARTS) is 2. The fraction of sp³-hybridized carbons (Fsp3) is 0.867. The summed E-state index contributed by atoms with van der Waals surface area (Å²) in [5, 5.41) is 17.7. The predicted octanol–water partition coefficient (Wildman–Crippen LogP) is 9.71. The van der Waals surface area contributed by atoms with Gasteiger partial charge in [-0.1, -0.05) is 147 Å². The van der Waals surface area contributed by atoms with Crippen molar-refractivity contribution in [2.24, 2.45) is 5.92 Å². The third kappa shape index (κ3) is 25.3. The van der Waals surface area contributed by atoms with Gasteiger partial charge >= 0.3 is 11.9 Å². The first-order valence-corrected chi connectivity index (χ1v) is 14.7.